The number of hydrogen-bond donors (Lipinski definition) is 1. The first-order valence-electron chi connectivity index (χ1n) is 5.52. The Kier molecular flexibility index (Phi) is 3.19. The Morgan fingerprint density at radius 2 is 1.95 bits per heavy atom. The number of nitrogens with one attached hydrogen (secondary N) is 1. The highest BCUT2D eigenvalue weighted by Gasteiger charge is 2.06. The third-order valence-electron chi connectivity index (χ3n) is 2.58. The SMILES string of the molecule is Clc1cncc(Nc2ccc(Cl)c3cccnc23)n1. The molecule has 0 spiro atoms. The lowest BCUT2D eigenvalue weighted by Gasteiger charge is -2.09. The van der Waals surface area contributed by atoms with E-state index in [0.29, 0.717) is 16.0 Å². The van der Waals surface area contributed by atoms with Crippen LogP contribution in [0, 0.1) is 0 Å². The summed E-state index contributed by atoms with van der Waals surface area (Å²) in [6.45, 7) is 0. The molecule has 6 heteroatoms. The summed E-state index contributed by atoms with van der Waals surface area (Å²) in [6, 6.07) is 7.42. The van der Waals surface area contributed by atoms with Gasteiger partial charge in [0.2, 0.25) is 0 Å². The molecule has 2 heterocycles. The molecule has 0 bridgehead atoms. The van der Waals surface area contributed by atoms with Crippen molar-refractivity contribution < 1.29 is 0 Å². The highest BCUT2D eigenvalue weighted by Crippen LogP contribution is 2.29. The summed E-state index contributed by atoms with van der Waals surface area (Å²) in [5.41, 5.74) is 1.58. The summed E-state index contributed by atoms with van der Waals surface area (Å²) in [7, 11) is 0. The molecule has 94 valence electrons. The molecule has 4 nitrogen and oxygen atoms in total. The molecule has 0 saturated heterocycles. The number of anilines is 2. The zero-order valence-corrected chi connectivity index (χ0v) is 11.2. The van der Waals surface area contributed by atoms with Gasteiger partial charge in [0.25, 0.3) is 0 Å². The van der Waals surface area contributed by atoms with Crippen LogP contribution in [-0.2, 0) is 0 Å². The van der Waals surface area contributed by atoms with Gasteiger partial charge in [-0.3, -0.25) is 9.97 Å². The number of aromatic nitrogens is 3. The van der Waals surface area contributed by atoms with Crippen LogP contribution in [0.1, 0.15) is 0 Å². The monoisotopic (exact) mass is 290 g/mol. The van der Waals surface area contributed by atoms with Crippen LogP contribution in [0.3, 0.4) is 0 Å². The molecular formula is C13H8Cl2N4. The summed E-state index contributed by atoms with van der Waals surface area (Å²) in [4.78, 5) is 12.4. The largest absolute Gasteiger partial charge is 0.337 e. The Balaban J connectivity index is 2.09. The molecule has 0 amide bonds. The molecule has 3 aromatic rings. The third kappa shape index (κ3) is 2.45. The molecule has 0 aliphatic heterocycles. The van der Waals surface area contributed by atoms with E-state index in [-0.39, 0.29) is 0 Å². The summed E-state index contributed by atoms with van der Waals surface area (Å²) < 4.78 is 0. The normalized spacial score (nSPS) is 10.6. The van der Waals surface area contributed by atoms with E-state index < -0.39 is 0 Å². The minimum atomic E-state index is 0.330. The number of pyridine rings is 1. The van der Waals surface area contributed by atoms with Crippen molar-refractivity contribution in [1.82, 2.24) is 15.0 Å². The van der Waals surface area contributed by atoms with Gasteiger partial charge < -0.3 is 5.32 Å². The van der Waals surface area contributed by atoms with Crippen molar-refractivity contribution in [2.45, 2.75) is 0 Å². The number of halogens is 2. The fourth-order valence-corrected chi connectivity index (χ4v) is 2.14. The Labute approximate surface area is 119 Å². The molecule has 0 aliphatic rings. The van der Waals surface area contributed by atoms with Crippen LogP contribution in [0.25, 0.3) is 10.9 Å². The van der Waals surface area contributed by atoms with Gasteiger partial charge in [0.05, 0.1) is 28.6 Å². The average molecular weight is 291 g/mol. The zero-order chi connectivity index (χ0) is 13.2. The standard InChI is InChI=1S/C13H8Cl2N4/c14-9-3-4-10(13-8(9)2-1-5-17-13)18-12-7-16-6-11(15)19-12/h1-7H,(H,18,19). The number of nitrogens with zero attached hydrogens (tertiary/aromatic N) is 3. The molecule has 0 saturated carbocycles. The van der Waals surface area contributed by atoms with Gasteiger partial charge in [-0.1, -0.05) is 23.2 Å². The van der Waals surface area contributed by atoms with E-state index in [1.165, 1.54) is 6.20 Å². The van der Waals surface area contributed by atoms with Gasteiger partial charge in [0.15, 0.2) is 5.82 Å². The predicted octanol–water partition coefficient (Wildman–Crippen LogP) is 4.08. The summed E-state index contributed by atoms with van der Waals surface area (Å²) in [6.07, 6.45) is 4.79. The van der Waals surface area contributed by atoms with E-state index in [4.69, 9.17) is 23.2 Å². The van der Waals surface area contributed by atoms with E-state index >= 15 is 0 Å². The lowest BCUT2D eigenvalue weighted by molar-refractivity contribution is 1.20. The van der Waals surface area contributed by atoms with Gasteiger partial charge in [-0.15, -0.1) is 0 Å². The molecule has 19 heavy (non-hydrogen) atoms. The van der Waals surface area contributed by atoms with Crippen molar-refractivity contribution in [3.8, 4) is 0 Å². The molecule has 1 N–H and O–H groups in total. The molecule has 2 aromatic heterocycles. The quantitative estimate of drug-likeness (QED) is 0.773. The minimum absolute atomic E-state index is 0.330. The van der Waals surface area contributed by atoms with Crippen LogP contribution in [-0.4, -0.2) is 15.0 Å². The molecular weight excluding hydrogens is 283 g/mol. The van der Waals surface area contributed by atoms with E-state index in [9.17, 15) is 0 Å². The minimum Gasteiger partial charge on any atom is -0.337 e. The van der Waals surface area contributed by atoms with Crippen molar-refractivity contribution in [2.24, 2.45) is 0 Å². The second-order valence-corrected chi connectivity index (χ2v) is 4.64. The number of fused-ring (bicyclic) bond motifs is 1. The first kappa shape index (κ1) is 12.1. The fourth-order valence-electron chi connectivity index (χ4n) is 1.78. The van der Waals surface area contributed by atoms with Crippen molar-refractivity contribution >= 4 is 45.6 Å². The third-order valence-corrected chi connectivity index (χ3v) is 3.10. The van der Waals surface area contributed by atoms with Gasteiger partial charge in [-0.25, -0.2) is 4.98 Å². The topological polar surface area (TPSA) is 50.7 Å². The highest BCUT2D eigenvalue weighted by molar-refractivity contribution is 6.35. The highest BCUT2D eigenvalue weighted by atomic mass is 35.5. The van der Waals surface area contributed by atoms with E-state index in [1.807, 2.05) is 24.3 Å². The van der Waals surface area contributed by atoms with Gasteiger partial charge in [-0.2, -0.15) is 0 Å². The van der Waals surface area contributed by atoms with Crippen molar-refractivity contribution in [3.05, 3.63) is 53.0 Å². The summed E-state index contributed by atoms with van der Waals surface area (Å²) >= 11 is 11.9. The van der Waals surface area contributed by atoms with Crippen LogP contribution in [0.4, 0.5) is 11.5 Å². The van der Waals surface area contributed by atoms with Gasteiger partial charge >= 0.3 is 0 Å². The average Bonchev–Trinajstić information content (AvgIpc) is 2.42. The second kappa shape index (κ2) is 4.99. The molecule has 1 aromatic carbocycles. The first-order chi connectivity index (χ1) is 9.24. The van der Waals surface area contributed by atoms with E-state index in [2.05, 4.69) is 20.3 Å². The maximum atomic E-state index is 6.14. The maximum Gasteiger partial charge on any atom is 0.150 e. The summed E-state index contributed by atoms with van der Waals surface area (Å²) in [5.74, 6) is 0.557. The Morgan fingerprint density at radius 1 is 1.05 bits per heavy atom. The van der Waals surface area contributed by atoms with Gasteiger partial charge in [0.1, 0.15) is 5.15 Å². The second-order valence-electron chi connectivity index (χ2n) is 3.85. The number of hydrogen-bond acceptors (Lipinski definition) is 4. The first-order valence-corrected chi connectivity index (χ1v) is 6.27. The molecule has 0 atom stereocenters. The molecule has 3 rings (SSSR count). The summed E-state index contributed by atoms with van der Waals surface area (Å²) in [5, 5.41) is 5.00. The number of benzene rings is 1. The molecule has 0 aliphatic carbocycles. The van der Waals surface area contributed by atoms with Crippen LogP contribution >= 0.6 is 23.2 Å². The van der Waals surface area contributed by atoms with Crippen LogP contribution in [0.15, 0.2) is 42.9 Å². The Morgan fingerprint density at radius 3 is 2.79 bits per heavy atom. The Bertz CT molecular complexity index is 746. The van der Waals surface area contributed by atoms with Crippen molar-refractivity contribution in [3.63, 3.8) is 0 Å². The zero-order valence-electron chi connectivity index (χ0n) is 9.64. The smallest absolute Gasteiger partial charge is 0.150 e. The van der Waals surface area contributed by atoms with Crippen LogP contribution in [0.2, 0.25) is 10.2 Å². The molecule has 0 fully saturated rings. The van der Waals surface area contributed by atoms with Crippen LogP contribution in [0.5, 0.6) is 0 Å². The number of rotatable bonds is 2. The van der Waals surface area contributed by atoms with E-state index in [0.717, 1.165) is 16.6 Å². The molecule has 0 unspecified atom stereocenters. The molecule has 0 radical (unpaired) electrons. The Hall–Kier alpha value is -1.91. The maximum absolute atomic E-state index is 6.14. The van der Waals surface area contributed by atoms with Crippen molar-refractivity contribution in [2.75, 3.05) is 5.32 Å². The van der Waals surface area contributed by atoms with Gasteiger partial charge in [0, 0.05) is 11.6 Å². The van der Waals surface area contributed by atoms with E-state index in [1.54, 1.807) is 12.4 Å². The fraction of sp³-hybridized carbons (Fsp3) is 0. The van der Waals surface area contributed by atoms with Crippen LogP contribution < -0.4 is 5.32 Å². The van der Waals surface area contributed by atoms with Crippen molar-refractivity contribution in [1.29, 1.82) is 0 Å². The predicted molar refractivity (Wildman–Crippen MR) is 77.1 cm³/mol. The lowest BCUT2D eigenvalue weighted by atomic mass is 10.2. The lowest BCUT2D eigenvalue weighted by Crippen LogP contribution is -1.96. The van der Waals surface area contributed by atoms with Gasteiger partial charge in [-0.05, 0) is 24.3 Å².